The van der Waals surface area contributed by atoms with E-state index in [9.17, 15) is 14.4 Å². The first kappa shape index (κ1) is 22.0. The molecule has 1 N–H and O–H groups in total. The summed E-state index contributed by atoms with van der Waals surface area (Å²) in [6.07, 6.45) is 7.06. The normalized spacial score (nSPS) is 49.2. The lowest BCUT2D eigenvalue weighted by molar-refractivity contribution is -0.197. The molecule has 0 aromatic rings. The second-order valence-corrected chi connectivity index (χ2v) is 12.1. The molecule has 0 spiro atoms. The van der Waals surface area contributed by atoms with Gasteiger partial charge in [0.15, 0.2) is 0 Å². The fourth-order valence-corrected chi connectivity index (χ4v) is 9.22. The second-order valence-electron chi connectivity index (χ2n) is 12.1. The predicted octanol–water partition coefficient (Wildman–Crippen LogP) is 5.53. The van der Waals surface area contributed by atoms with Crippen LogP contribution in [-0.2, 0) is 14.4 Å². The molecular formula is C26H40O4. The molecule has 0 aromatic heterocycles. The minimum absolute atomic E-state index is 0.0313. The van der Waals surface area contributed by atoms with Gasteiger partial charge in [-0.05, 0) is 78.4 Å². The largest absolute Gasteiger partial charge is 0.481 e. The average molecular weight is 417 g/mol. The Morgan fingerprint density at radius 2 is 1.87 bits per heavy atom. The molecule has 4 saturated carbocycles. The molecular weight excluding hydrogens is 376 g/mol. The van der Waals surface area contributed by atoms with E-state index in [1.54, 1.807) is 0 Å². The summed E-state index contributed by atoms with van der Waals surface area (Å²) in [7, 11) is 0. The van der Waals surface area contributed by atoms with Gasteiger partial charge in [0.1, 0.15) is 11.6 Å². The highest BCUT2D eigenvalue weighted by Crippen LogP contribution is 2.73. The minimum atomic E-state index is -0.740. The van der Waals surface area contributed by atoms with Crippen LogP contribution in [0.25, 0.3) is 0 Å². The topological polar surface area (TPSA) is 71.4 Å². The van der Waals surface area contributed by atoms with Crippen molar-refractivity contribution in [1.82, 2.24) is 0 Å². The van der Waals surface area contributed by atoms with Gasteiger partial charge in [-0.25, -0.2) is 0 Å². The lowest BCUT2D eigenvalue weighted by atomic mass is 9.36. The molecule has 0 aromatic carbocycles. The number of fused-ring (bicyclic) bond motifs is 5. The molecule has 0 radical (unpaired) electrons. The highest BCUT2D eigenvalue weighted by atomic mass is 16.4. The van der Waals surface area contributed by atoms with Crippen molar-refractivity contribution in [2.24, 2.45) is 51.8 Å². The molecule has 4 aliphatic carbocycles. The van der Waals surface area contributed by atoms with Crippen molar-refractivity contribution in [3.05, 3.63) is 0 Å². The van der Waals surface area contributed by atoms with E-state index in [0.717, 1.165) is 25.7 Å². The van der Waals surface area contributed by atoms with Crippen LogP contribution in [0.2, 0.25) is 0 Å². The molecule has 0 unspecified atom stereocenters. The van der Waals surface area contributed by atoms with Gasteiger partial charge in [-0.15, -0.1) is 0 Å². The van der Waals surface area contributed by atoms with Crippen LogP contribution < -0.4 is 0 Å². The Kier molecular flexibility index (Phi) is 5.26. The molecule has 0 heterocycles. The SMILES string of the molecule is C[C@H](CCC(=O)O)[C@H]1CC[C@H]2[C@@H]3[C@@H](C)C[C@@H]4CC(=O)CC[C@]4(C)[C@@]3(C)CC(=O)[C@]12C. The fourth-order valence-electron chi connectivity index (χ4n) is 9.22. The Labute approximate surface area is 181 Å². The first-order valence-electron chi connectivity index (χ1n) is 12.2. The Hall–Kier alpha value is -1.19. The van der Waals surface area contributed by atoms with Crippen molar-refractivity contribution < 1.29 is 19.5 Å². The number of carboxylic acids is 1. The Morgan fingerprint density at radius 1 is 1.17 bits per heavy atom. The number of rotatable bonds is 4. The molecule has 4 nitrogen and oxygen atoms in total. The number of carbonyl (C=O) groups is 3. The van der Waals surface area contributed by atoms with Gasteiger partial charge < -0.3 is 5.11 Å². The van der Waals surface area contributed by atoms with Crippen LogP contribution in [0.5, 0.6) is 0 Å². The molecule has 9 atom stereocenters. The molecule has 0 amide bonds. The van der Waals surface area contributed by atoms with E-state index in [1.165, 1.54) is 0 Å². The minimum Gasteiger partial charge on any atom is -0.481 e. The number of hydrogen-bond donors (Lipinski definition) is 1. The molecule has 4 aliphatic rings. The summed E-state index contributed by atoms with van der Waals surface area (Å²) in [6.45, 7) is 11.5. The highest BCUT2D eigenvalue weighted by Gasteiger charge is 2.69. The van der Waals surface area contributed by atoms with E-state index in [0.29, 0.717) is 66.8 Å². The maximum absolute atomic E-state index is 13.9. The van der Waals surface area contributed by atoms with Gasteiger partial charge in [0.25, 0.3) is 0 Å². The summed E-state index contributed by atoms with van der Waals surface area (Å²) in [5.41, 5.74) is -0.275. The van der Waals surface area contributed by atoms with Crippen molar-refractivity contribution in [3.8, 4) is 0 Å². The number of carboxylic acid groups (broad SMARTS) is 1. The van der Waals surface area contributed by atoms with E-state index in [4.69, 9.17) is 5.11 Å². The number of aliphatic carboxylic acids is 1. The van der Waals surface area contributed by atoms with Crippen LogP contribution in [0, 0.1) is 51.8 Å². The van der Waals surface area contributed by atoms with Gasteiger partial charge >= 0.3 is 5.97 Å². The first-order chi connectivity index (χ1) is 13.9. The van der Waals surface area contributed by atoms with Crippen LogP contribution in [0.4, 0.5) is 0 Å². The van der Waals surface area contributed by atoms with Crippen LogP contribution >= 0.6 is 0 Å². The lowest BCUT2D eigenvalue weighted by Crippen LogP contribution is -2.64. The Balaban J connectivity index is 1.68. The molecule has 0 aliphatic heterocycles. The molecule has 0 bridgehead atoms. The van der Waals surface area contributed by atoms with Crippen molar-refractivity contribution >= 4 is 17.5 Å². The fraction of sp³-hybridized carbons (Fsp3) is 0.885. The van der Waals surface area contributed by atoms with Crippen LogP contribution in [-0.4, -0.2) is 22.6 Å². The predicted molar refractivity (Wildman–Crippen MR) is 116 cm³/mol. The van der Waals surface area contributed by atoms with Crippen LogP contribution in [0.1, 0.15) is 92.4 Å². The van der Waals surface area contributed by atoms with Gasteiger partial charge in [0.2, 0.25) is 0 Å². The van der Waals surface area contributed by atoms with Crippen LogP contribution in [0.15, 0.2) is 0 Å². The lowest BCUT2D eigenvalue weighted by Gasteiger charge is -2.67. The van der Waals surface area contributed by atoms with Gasteiger partial charge in [0, 0.05) is 31.1 Å². The number of carbonyl (C=O) groups excluding carboxylic acids is 2. The van der Waals surface area contributed by atoms with Crippen molar-refractivity contribution in [2.45, 2.75) is 92.4 Å². The molecule has 168 valence electrons. The van der Waals surface area contributed by atoms with E-state index < -0.39 is 5.97 Å². The van der Waals surface area contributed by atoms with Gasteiger partial charge in [0.05, 0.1) is 0 Å². The zero-order valence-electron chi connectivity index (χ0n) is 19.5. The molecule has 30 heavy (non-hydrogen) atoms. The van der Waals surface area contributed by atoms with Crippen molar-refractivity contribution in [2.75, 3.05) is 0 Å². The number of ketones is 2. The summed E-state index contributed by atoms with van der Waals surface area (Å²) < 4.78 is 0. The van der Waals surface area contributed by atoms with Crippen molar-refractivity contribution in [1.29, 1.82) is 0 Å². The van der Waals surface area contributed by atoms with E-state index >= 15 is 0 Å². The first-order valence-corrected chi connectivity index (χ1v) is 12.2. The second kappa shape index (κ2) is 7.17. The number of hydrogen-bond acceptors (Lipinski definition) is 3. The summed E-state index contributed by atoms with van der Waals surface area (Å²) in [5.74, 6) is 2.51. The van der Waals surface area contributed by atoms with Gasteiger partial charge in [-0.1, -0.05) is 34.6 Å². The summed E-state index contributed by atoms with van der Waals surface area (Å²) >= 11 is 0. The third-order valence-electron chi connectivity index (χ3n) is 11.0. The van der Waals surface area contributed by atoms with E-state index in [2.05, 4.69) is 34.6 Å². The third kappa shape index (κ3) is 2.88. The zero-order valence-corrected chi connectivity index (χ0v) is 19.5. The Bertz CT molecular complexity index is 758. The smallest absolute Gasteiger partial charge is 0.303 e. The maximum Gasteiger partial charge on any atom is 0.303 e. The summed E-state index contributed by atoms with van der Waals surface area (Å²) in [6, 6.07) is 0. The summed E-state index contributed by atoms with van der Waals surface area (Å²) in [5, 5.41) is 9.14. The third-order valence-corrected chi connectivity index (χ3v) is 11.0. The van der Waals surface area contributed by atoms with Gasteiger partial charge in [-0.2, -0.15) is 0 Å². The molecule has 4 heteroatoms. The van der Waals surface area contributed by atoms with E-state index in [-0.39, 0.29) is 28.6 Å². The average Bonchev–Trinajstić information content (AvgIpc) is 3.00. The zero-order chi connectivity index (χ0) is 22.1. The quantitative estimate of drug-likeness (QED) is 0.654. The summed E-state index contributed by atoms with van der Waals surface area (Å²) in [4.78, 5) is 37.3. The standard InChI is InChI=1S/C26H40O4/c1-15(6-9-22(29)30)19-7-8-20-23-16(2)12-17-13-18(27)10-11-24(17,3)25(23,4)14-21(28)26(19,20)5/h15-17,19-20,23H,6-14H2,1-5H3,(H,29,30)/t15-,16+,17-,19-,20+,23+,24+,25+,26-/m1/s1. The van der Waals surface area contributed by atoms with Gasteiger partial charge in [-0.3, -0.25) is 14.4 Å². The highest BCUT2D eigenvalue weighted by molar-refractivity contribution is 5.88. The maximum atomic E-state index is 13.9. The monoisotopic (exact) mass is 416 g/mol. The van der Waals surface area contributed by atoms with E-state index in [1.807, 2.05) is 0 Å². The molecule has 0 saturated heterocycles. The molecule has 4 fully saturated rings. The Morgan fingerprint density at radius 3 is 2.53 bits per heavy atom. The number of Topliss-reactive ketones (excluding diaryl/α,β-unsaturated/α-hetero) is 2. The van der Waals surface area contributed by atoms with Crippen LogP contribution in [0.3, 0.4) is 0 Å². The molecule has 4 rings (SSSR count). The van der Waals surface area contributed by atoms with Crippen molar-refractivity contribution in [3.63, 3.8) is 0 Å².